The molecule has 27 heavy (non-hydrogen) atoms. The molecule has 6 heteroatoms. The SMILES string of the molecule is CN=C(NCC(C)COCc1ccccc1)NCC(C)N1CCN(C)CC1. The number of likely N-dealkylation sites (N-methyl/N-ethyl adjacent to an activating group) is 1. The first-order valence-corrected chi connectivity index (χ1v) is 10.1. The van der Waals surface area contributed by atoms with E-state index in [2.05, 4.69) is 58.5 Å². The second-order valence-corrected chi connectivity index (χ2v) is 7.63. The van der Waals surface area contributed by atoms with Crippen LogP contribution in [-0.4, -0.2) is 81.8 Å². The van der Waals surface area contributed by atoms with Crippen molar-refractivity contribution in [3.63, 3.8) is 0 Å². The zero-order valence-electron chi connectivity index (χ0n) is 17.4. The second kappa shape index (κ2) is 12.0. The van der Waals surface area contributed by atoms with Crippen molar-refractivity contribution in [2.45, 2.75) is 26.5 Å². The van der Waals surface area contributed by atoms with E-state index in [1.54, 1.807) is 0 Å². The molecule has 0 bridgehead atoms. The van der Waals surface area contributed by atoms with E-state index in [-0.39, 0.29) is 0 Å². The number of piperazine rings is 1. The van der Waals surface area contributed by atoms with E-state index in [4.69, 9.17) is 4.74 Å². The maximum Gasteiger partial charge on any atom is 0.191 e. The predicted octanol–water partition coefficient (Wildman–Crippen LogP) is 1.64. The van der Waals surface area contributed by atoms with E-state index in [1.807, 2.05) is 25.2 Å². The molecule has 0 spiro atoms. The highest BCUT2D eigenvalue weighted by Crippen LogP contribution is 2.04. The molecule has 6 nitrogen and oxygen atoms in total. The number of rotatable bonds is 9. The molecule has 2 rings (SSSR count). The Kier molecular flexibility index (Phi) is 9.59. The number of aliphatic imine (C=N–C) groups is 1. The van der Waals surface area contributed by atoms with Crippen molar-refractivity contribution in [1.82, 2.24) is 20.4 Å². The van der Waals surface area contributed by atoms with Crippen LogP contribution in [0.25, 0.3) is 0 Å². The Hall–Kier alpha value is -1.63. The van der Waals surface area contributed by atoms with Crippen molar-refractivity contribution in [3.05, 3.63) is 35.9 Å². The molecular weight excluding hydrogens is 338 g/mol. The van der Waals surface area contributed by atoms with Crippen LogP contribution in [0, 0.1) is 5.92 Å². The lowest BCUT2D eigenvalue weighted by Crippen LogP contribution is -2.52. The molecule has 0 saturated carbocycles. The third-order valence-corrected chi connectivity index (χ3v) is 5.08. The van der Waals surface area contributed by atoms with Gasteiger partial charge >= 0.3 is 0 Å². The highest BCUT2D eigenvalue weighted by molar-refractivity contribution is 5.79. The lowest BCUT2D eigenvalue weighted by Gasteiger charge is -2.36. The zero-order valence-corrected chi connectivity index (χ0v) is 17.4. The fraction of sp³-hybridized carbons (Fsp3) is 0.667. The van der Waals surface area contributed by atoms with Crippen LogP contribution >= 0.6 is 0 Å². The van der Waals surface area contributed by atoms with Crippen molar-refractivity contribution < 1.29 is 4.74 Å². The van der Waals surface area contributed by atoms with Crippen LogP contribution in [-0.2, 0) is 11.3 Å². The minimum atomic E-state index is 0.419. The minimum Gasteiger partial charge on any atom is -0.376 e. The van der Waals surface area contributed by atoms with E-state index in [0.717, 1.165) is 51.8 Å². The van der Waals surface area contributed by atoms with Crippen LogP contribution in [0.1, 0.15) is 19.4 Å². The Labute approximate surface area is 165 Å². The lowest BCUT2D eigenvalue weighted by molar-refractivity contribution is 0.0930. The summed E-state index contributed by atoms with van der Waals surface area (Å²) in [6.45, 7) is 12.2. The van der Waals surface area contributed by atoms with Gasteiger partial charge < -0.3 is 20.3 Å². The number of ether oxygens (including phenoxy) is 1. The molecule has 0 aliphatic carbocycles. The molecule has 1 aliphatic rings. The first-order valence-electron chi connectivity index (χ1n) is 10.1. The standard InChI is InChI=1S/C21H37N5O/c1-18(16-27-17-20-8-6-5-7-9-20)14-23-21(22-3)24-15-19(2)26-12-10-25(4)11-13-26/h5-9,18-19H,10-17H2,1-4H3,(H2,22,23,24). The van der Waals surface area contributed by atoms with Crippen molar-refractivity contribution >= 4 is 5.96 Å². The summed E-state index contributed by atoms with van der Waals surface area (Å²) < 4.78 is 5.82. The van der Waals surface area contributed by atoms with Crippen LogP contribution in [0.2, 0.25) is 0 Å². The molecule has 2 N–H and O–H groups in total. The molecule has 1 aromatic carbocycles. The summed E-state index contributed by atoms with van der Waals surface area (Å²) in [7, 11) is 4.02. The number of guanidine groups is 1. The number of nitrogens with zero attached hydrogens (tertiary/aromatic N) is 3. The number of hydrogen-bond donors (Lipinski definition) is 2. The maximum atomic E-state index is 5.82. The first-order chi connectivity index (χ1) is 13.1. The summed E-state index contributed by atoms with van der Waals surface area (Å²) in [6.07, 6.45) is 0. The quantitative estimate of drug-likeness (QED) is 0.508. The van der Waals surface area contributed by atoms with Gasteiger partial charge in [0, 0.05) is 52.4 Å². The third-order valence-electron chi connectivity index (χ3n) is 5.08. The summed E-state index contributed by atoms with van der Waals surface area (Å²) in [5, 5.41) is 6.87. The molecule has 152 valence electrons. The van der Waals surface area contributed by atoms with Gasteiger partial charge in [0.2, 0.25) is 0 Å². The maximum absolute atomic E-state index is 5.82. The Bertz CT molecular complexity index is 543. The van der Waals surface area contributed by atoms with E-state index in [9.17, 15) is 0 Å². The van der Waals surface area contributed by atoms with Crippen molar-refractivity contribution in [3.8, 4) is 0 Å². The van der Waals surface area contributed by atoms with Crippen molar-refractivity contribution in [2.75, 3.05) is 60.0 Å². The number of nitrogens with one attached hydrogen (secondary N) is 2. The topological polar surface area (TPSA) is 52.1 Å². The van der Waals surface area contributed by atoms with Gasteiger partial charge in [0.05, 0.1) is 13.2 Å². The monoisotopic (exact) mass is 375 g/mol. The van der Waals surface area contributed by atoms with Crippen LogP contribution in [0.4, 0.5) is 0 Å². The number of hydrogen-bond acceptors (Lipinski definition) is 4. The smallest absolute Gasteiger partial charge is 0.191 e. The molecule has 0 aromatic heterocycles. The summed E-state index contributed by atoms with van der Waals surface area (Å²) in [5.74, 6) is 1.29. The molecule has 0 amide bonds. The summed E-state index contributed by atoms with van der Waals surface area (Å²) >= 11 is 0. The lowest BCUT2D eigenvalue weighted by atomic mass is 10.2. The molecule has 2 unspecified atom stereocenters. The molecule has 1 aromatic rings. The van der Waals surface area contributed by atoms with Crippen molar-refractivity contribution in [2.24, 2.45) is 10.9 Å². The van der Waals surface area contributed by atoms with Crippen molar-refractivity contribution in [1.29, 1.82) is 0 Å². The van der Waals surface area contributed by atoms with Gasteiger partial charge in [-0.15, -0.1) is 0 Å². The second-order valence-electron chi connectivity index (χ2n) is 7.63. The molecule has 1 fully saturated rings. The van der Waals surface area contributed by atoms with Gasteiger partial charge in [0.1, 0.15) is 0 Å². The Morgan fingerprint density at radius 2 is 1.74 bits per heavy atom. The molecule has 2 atom stereocenters. The Morgan fingerprint density at radius 1 is 1.07 bits per heavy atom. The van der Waals surface area contributed by atoms with E-state index >= 15 is 0 Å². The zero-order chi connectivity index (χ0) is 19.5. The summed E-state index contributed by atoms with van der Waals surface area (Å²) in [6, 6.07) is 10.8. The molecular formula is C21H37N5O. The Morgan fingerprint density at radius 3 is 2.41 bits per heavy atom. The van der Waals surface area contributed by atoms with Gasteiger partial charge in [-0.1, -0.05) is 37.3 Å². The predicted molar refractivity (Wildman–Crippen MR) is 113 cm³/mol. The molecule has 1 aliphatic heterocycles. The normalized spacial score (nSPS) is 18.9. The minimum absolute atomic E-state index is 0.419. The van der Waals surface area contributed by atoms with Gasteiger partial charge in [-0.05, 0) is 25.5 Å². The van der Waals surface area contributed by atoms with Gasteiger partial charge in [0.25, 0.3) is 0 Å². The summed E-state index contributed by atoms with van der Waals surface area (Å²) in [5.41, 5.74) is 1.22. The van der Waals surface area contributed by atoms with Gasteiger partial charge in [-0.3, -0.25) is 9.89 Å². The molecule has 0 radical (unpaired) electrons. The van der Waals surface area contributed by atoms with Crippen LogP contribution in [0.3, 0.4) is 0 Å². The highest BCUT2D eigenvalue weighted by atomic mass is 16.5. The van der Waals surface area contributed by atoms with E-state index in [1.165, 1.54) is 5.56 Å². The third kappa shape index (κ3) is 8.28. The van der Waals surface area contributed by atoms with Gasteiger partial charge in [-0.25, -0.2) is 0 Å². The average Bonchev–Trinajstić information content (AvgIpc) is 2.69. The Balaban J connectivity index is 1.60. The average molecular weight is 376 g/mol. The fourth-order valence-corrected chi connectivity index (χ4v) is 3.14. The van der Waals surface area contributed by atoms with Crippen LogP contribution in [0.15, 0.2) is 35.3 Å². The van der Waals surface area contributed by atoms with Gasteiger partial charge in [0.15, 0.2) is 5.96 Å². The van der Waals surface area contributed by atoms with E-state index < -0.39 is 0 Å². The van der Waals surface area contributed by atoms with Gasteiger partial charge in [-0.2, -0.15) is 0 Å². The first kappa shape index (κ1) is 21.7. The number of benzene rings is 1. The largest absolute Gasteiger partial charge is 0.376 e. The summed E-state index contributed by atoms with van der Waals surface area (Å²) in [4.78, 5) is 9.27. The molecule has 1 heterocycles. The highest BCUT2D eigenvalue weighted by Gasteiger charge is 2.19. The fourth-order valence-electron chi connectivity index (χ4n) is 3.14. The van der Waals surface area contributed by atoms with E-state index in [0.29, 0.717) is 18.6 Å². The van der Waals surface area contributed by atoms with Crippen LogP contribution in [0.5, 0.6) is 0 Å². The molecule has 1 saturated heterocycles. The van der Waals surface area contributed by atoms with Crippen LogP contribution < -0.4 is 10.6 Å².